The van der Waals surface area contributed by atoms with Crippen molar-refractivity contribution in [1.82, 2.24) is 0 Å². The second-order valence-corrected chi connectivity index (χ2v) is 5.26. The van der Waals surface area contributed by atoms with Gasteiger partial charge in [-0.05, 0) is 49.4 Å². The van der Waals surface area contributed by atoms with Gasteiger partial charge in [-0.3, -0.25) is 4.79 Å². The van der Waals surface area contributed by atoms with Gasteiger partial charge in [-0.15, -0.1) is 0 Å². The molecular weight excluding hydrogens is 322 g/mol. The number of nitrogens with one attached hydrogen (secondary N) is 3. The minimum absolute atomic E-state index is 0.262. The zero-order valence-corrected chi connectivity index (χ0v) is 14.3. The van der Waals surface area contributed by atoms with Crippen LogP contribution in [0, 0.1) is 0 Å². The summed E-state index contributed by atoms with van der Waals surface area (Å²) in [6, 6.07) is 13.4. The van der Waals surface area contributed by atoms with E-state index in [1.54, 1.807) is 62.6 Å². The maximum atomic E-state index is 12.1. The molecule has 0 aliphatic rings. The molecule has 132 valence electrons. The SMILES string of the molecule is COc1ccc(NC(=O)Nc2cccc(NC(=O)[C@@H](C)OC)c2)cc1. The van der Waals surface area contributed by atoms with Crippen molar-refractivity contribution in [1.29, 1.82) is 0 Å². The van der Waals surface area contributed by atoms with Crippen LogP contribution in [0.5, 0.6) is 5.75 Å². The first-order valence-electron chi connectivity index (χ1n) is 7.67. The zero-order chi connectivity index (χ0) is 18.2. The van der Waals surface area contributed by atoms with Gasteiger partial charge in [0.05, 0.1) is 7.11 Å². The van der Waals surface area contributed by atoms with E-state index in [1.807, 2.05) is 0 Å². The molecule has 7 heteroatoms. The van der Waals surface area contributed by atoms with E-state index in [0.29, 0.717) is 22.8 Å². The van der Waals surface area contributed by atoms with Crippen LogP contribution in [0.4, 0.5) is 21.9 Å². The summed E-state index contributed by atoms with van der Waals surface area (Å²) in [4.78, 5) is 23.9. The number of amides is 3. The maximum Gasteiger partial charge on any atom is 0.323 e. The number of carbonyl (C=O) groups is 2. The van der Waals surface area contributed by atoms with Crippen LogP contribution >= 0.6 is 0 Å². The highest BCUT2D eigenvalue weighted by molar-refractivity contribution is 6.00. The molecule has 0 aromatic heterocycles. The third-order valence-corrected chi connectivity index (χ3v) is 3.46. The van der Waals surface area contributed by atoms with E-state index in [0.717, 1.165) is 0 Å². The molecule has 2 rings (SSSR count). The molecule has 0 bridgehead atoms. The molecule has 0 radical (unpaired) electrons. The van der Waals surface area contributed by atoms with Gasteiger partial charge < -0.3 is 25.4 Å². The molecule has 0 aliphatic carbocycles. The molecule has 2 aromatic rings. The molecule has 0 aliphatic heterocycles. The molecule has 3 N–H and O–H groups in total. The van der Waals surface area contributed by atoms with Crippen molar-refractivity contribution < 1.29 is 19.1 Å². The van der Waals surface area contributed by atoms with E-state index in [-0.39, 0.29) is 11.9 Å². The van der Waals surface area contributed by atoms with Gasteiger partial charge in [0, 0.05) is 24.2 Å². The van der Waals surface area contributed by atoms with E-state index < -0.39 is 6.10 Å². The van der Waals surface area contributed by atoms with E-state index in [2.05, 4.69) is 16.0 Å². The van der Waals surface area contributed by atoms with E-state index in [9.17, 15) is 9.59 Å². The van der Waals surface area contributed by atoms with Crippen LogP contribution in [0.25, 0.3) is 0 Å². The first kappa shape index (κ1) is 18.3. The molecule has 0 heterocycles. The molecule has 0 spiro atoms. The first-order valence-corrected chi connectivity index (χ1v) is 7.67. The minimum Gasteiger partial charge on any atom is -0.497 e. The van der Waals surface area contributed by atoms with Crippen molar-refractivity contribution in [2.24, 2.45) is 0 Å². The molecule has 25 heavy (non-hydrogen) atoms. The normalized spacial score (nSPS) is 11.3. The molecule has 2 aromatic carbocycles. The number of methoxy groups -OCH3 is 2. The lowest BCUT2D eigenvalue weighted by Gasteiger charge is -2.12. The Balaban J connectivity index is 1.96. The number of urea groups is 1. The van der Waals surface area contributed by atoms with Gasteiger partial charge in [0.25, 0.3) is 5.91 Å². The minimum atomic E-state index is -0.560. The van der Waals surface area contributed by atoms with E-state index in [1.165, 1.54) is 7.11 Å². The fourth-order valence-corrected chi connectivity index (χ4v) is 1.99. The summed E-state index contributed by atoms with van der Waals surface area (Å²) in [5.41, 5.74) is 1.75. The number of rotatable bonds is 6. The Labute approximate surface area is 146 Å². The first-order chi connectivity index (χ1) is 12.0. The molecule has 0 saturated heterocycles. The van der Waals surface area contributed by atoms with E-state index in [4.69, 9.17) is 9.47 Å². The Kier molecular flexibility index (Phi) is 6.36. The smallest absolute Gasteiger partial charge is 0.323 e. The average molecular weight is 343 g/mol. The van der Waals surface area contributed by atoms with Crippen molar-refractivity contribution in [2.45, 2.75) is 13.0 Å². The summed E-state index contributed by atoms with van der Waals surface area (Å²) in [6.07, 6.45) is -0.560. The van der Waals surface area contributed by atoms with Crippen molar-refractivity contribution >= 4 is 29.0 Å². The van der Waals surface area contributed by atoms with Crippen LogP contribution in [0.15, 0.2) is 48.5 Å². The number of anilines is 3. The number of benzene rings is 2. The van der Waals surface area contributed by atoms with Crippen LogP contribution in [-0.4, -0.2) is 32.3 Å². The molecule has 7 nitrogen and oxygen atoms in total. The van der Waals surface area contributed by atoms with Crippen LogP contribution in [-0.2, 0) is 9.53 Å². The van der Waals surface area contributed by atoms with Gasteiger partial charge in [0.15, 0.2) is 0 Å². The standard InChI is InChI=1S/C18H21N3O4/c1-12(24-2)17(22)19-14-5-4-6-15(11-14)21-18(23)20-13-7-9-16(25-3)10-8-13/h4-12H,1-3H3,(H,19,22)(H2,20,21,23)/t12-/m1/s1. The van der Waals surface area contributed by atoms with Crippen molar-refractivity contribution in [3.63, 3.8) is 0 Å². The van der Waals surface area contributed by atoms with Gasteiger partial charge >= 0.3 is 6.03 Å². The monoisotopic (exact) mass is 343 g/mol. The highest BCUT2D eigenvalue weighted by Crippen LogP contribution is 2.17. The zero-order valence-electron chi connectivity index (χ0n) is 14.3. The third-order valence-electron chi connectivity index (χ3n) is 3.46. The number of carbonyl (C=O) groups excluding carboxylic acids is 2. The number of hydrogen-bond donors (Lipinski definition) is 3. The van der Waals surface area contributed by atoms with Crippen molar-refractivity contribution in [3.05, 3.63) is 48.5 Å². The second-order valence-electron chi connectivity index (χ2n) is 5.26. The summed E-state index contributed by atoms with van der Waals surface area (Å²) in [6.45, 7) is 1.65. The molecule has 0 fully saturated rings. The summed E-state index contributed by atoms with van der Waals surface area (Å²) in [5.74, 6) is 0.446. The predicted octanol–water partition coefficient (Wildman–Crippen LogP) is 3.31. The molecule has 0 saturated carbocycles. The predicted molar refractivity (Wildman–Crippen MR) is 97.2 cm³/mol. The highest BCUT2D eigenvalue weighted by atomic mass is 16.5. The average Bonchev–Trinajstić information content (AvgIpc) is 2.61. The van der Waals surface area contributed by atoms with Crippen LogP contribution in [0.2, 0.25) is 0 Å². The Bertz CT molecular complexity index is 731. The lowest BCUT2D eigenvalue weighted by molar-refractivity contribution is -0.124. The fraction of sp³-hybridized carbons (Fsp3) is 0.222. The van der Waals surface area contributed by atoms with Crippen LogP contribution in [0.1, 0.15) is 6.92 Å². The van der Waals surface area contributed by atoms with E-state index >= 15 is 0 Å². The molecule has 1 atom stereocenters. The number of ether oxygens (including phenoxy) is 2. The van der Waals surface area contributed by atoms with Gasteiger partial charge in [0.2, 0.25) is 0 Å². The van der Waals surface area contributed by atoms with Crippen LogP contribution in [0.3, 0.4) is 0 Å². The summed E-state index contributed by atoms with van der Waals surface area (Å²) in [7, 11) is 3.04. The summed E-state index contributed by atoms with van der Waals surface area (Å²) >= 11 is 0. The lowest BCUT2D eigenvalue weighted by Crippen LogP contribution is -2.26. The highest BCUT2D eigenvalue weighted by Gasteiger charge is 2.12. The van der Waals surface area contributed by atoms with Crippen molar-refractivity contribution in [2.75, 3.05) is 30.2 Å². The van der Waals surface area contributed by atoms with Gasteiger partial charge in [-0.2, -0.15) is 0 Å². The molecular formula is C18H21N3O4. The number of hydrogen-bond acceptors (Lipinski definition) is 4. The Morgan fingerprint density at radius 3 is 2.08 bits per heavy atom. The summed E-state index contributed by atoms with van der Waals surface area (Å²) in [5, 5.41) is 8.15. The molecule has 3 amide bonds. The van der Waals surface area contributed by atoms with Gasteiger partial charge in [-0.1, -0.05) is 6.07 Å². The van der Waals surface area contributed by atoms with Crippen molar-refractivity contribution in [3.8, 4) is 5.75 Å². The quantitative estimate of drug-likeness (QED) is 0.751. The largest absolute Gasteiger partial charge is 0.497 e. The lowest BCUT2D eigenvalue weighted by atomic mass is 10.2. The maximum absolute atomic E-state index is 12.1. The molecule has 0 unspecified atom stereocenters. The van der Waals surface area contributed by atoms with Gasteiger partial charge in [0.1, 0.15) is 11.9 Å². The topological polar surface area (TPSA) is 88.7 Å². The van der Waals surface area contributed by atoms with Crippen LogP contribution < -0.4 is 20.7 Å². The van der Waals surface area contributed by atoms with Gasteiger partial charge in [-0.25, -0.2) is 4.79 Å². The summed E-state index contributed by atoms with van der Waals surface area (Å²) < 4.78 is 10.0. The fourth-order valence-electron chi connectivity index (χ4n) is 1.99. The Hall–Kier alpha value is -3.06. The second kappa shape index (κ2) is 8.70. The Morgan fingerprint density at radius 2 is 1.48 bits per heavy atom. The third kappa shape index (κ3) is 5.50. The Morgan fingerprint density at radius 1 is 0.880 bits per heavy atom.